The number of hydrogen-bond donors (Lipinski definition) is 1. The van der Waals surface area contributed by atoms with Gasteiger partial charge in [-0.1, -0.05) is 19.4 Å². The first kappa shape index (κ1) is 11.5. The van der Waals surface area contributed by atoms with Crippen LogP contribution in [-0.4, -0.2) is 10.7 Å². The topological polar surface area (TPSA) is 38.9 Å². The molecule has 0 aliphatic heterocycles. The summed E-state index contributed by atoms with van der Waals surface area (Å²) in [5, 5.41) is 0. The fourth-order valence-corrected chi connectivity index (χ4v) is 2.33. The molecule has 0 aromatic carbocycles. The second-order valence-corrected chi connectivity index (χ2v) is 4.32. The molecule has 0 bridgehead atoms. The van der Waals surface area contributed by atoms with E-state index in [-0.39, 0.29) is 0 Å². The van der Waals surface area contributed by atoms with Crippen LogP contribution in [0.15, 0.2) is 18.3 Å². The van der Waals surface area contributed by atoms with Crippen LogP contribution in [-0.2, 0) is 12.3 Å². The van der Waals surface area contributed by atoms with Crippen LogP contribution in [0.5, 0.6) is 0 Å². The van der Waals surface area contributed by atoms with Gasteiger partial charge in [0.2, 0.25) is 0 Å². The van der Waals surface area contributed by atoms with Crippen molar-refractivity contribution < 1.29 is 0 Å². The third-order valence-corrected chi connectivity index (χ3v) is 3.17. The minimum Gasteiger partial charge on any atom is -0.325 e. The average molecular weight is 210 g/mol. The average Bonchev–Trinajstić information content (AvgIpc) is 2.25. The summed E-state index contributed by atoms with van der Waals surface area (Å²) in [5.74, 6) is 2.27. The van der Waals surface area contributed by atoms with Crippen LogP contribution in [0.4, 0.5) is 0 Å². The summed E-state index contributed by atoms with van der Waals surface area (Å²) in [7, 11) is 0. The Kier molecular flexibility index (Phi) is 5.64. The van der Waals surface area contributed by atoms with Gasteiger partial charge in [0.05, 0.1) is 5.69 Å². The van der Waals surface area contributed by atoms with E-state index >= 15 is 0 Å². The fraction of sp³-hybridized carbons (Fsp3) is 0.545. The molecule has 0 saturated heterocycles. The van der Waals surface area contributed by atoms with E-state index in [9.17, 15) is 0 Å². The zero-order valence-corrected chi connectivity index (χ0v) is 9.52. The molecule has 2 nitrogen and oxygen atoms in total. The fourth-order valence-electron chi connectivity index (χ4n) is 1.22. The van der Waals surface area contributed by atoms with Crippen molar-refractivity contribution in [2.45, 2.75) is 32.1 Å². The number of nitrogens with two attached hydrogens (primary N) is 1. The zero-order valence-electron chi connectivity index (χ0n) is 8.70. The summed E-state index contributed by atoms with van der Waals surface area (Å²) in [5.41, 5.74) is 7.94. The van der Waals surface area contributed by atoms with E-state index in [1.54, 1.807) is 0 Å². The number of nitrogens with zero attached hydrogens (tertiary/aromatic N) is 1. The number of thioether (sulfide) groups is 1. The van der Waals surface area contributed by atoms with Gasteiger partial charge in [-0.25, -0.2) is 0 Å². The van der Waals surface area contributed by atoms with Crippen molar-refractivity contribution in [2.24, 2.45) is 5.73 Å². The van der Waals surface area contributed by atoms with Gasteiger partial charge in [-0.2, -0.15) is 11.8 Å². The van der Waals surface area contributed by atoms with Gasteiger partial charge in [0.25, 0.3) is 0 Å². The van der Waals surface area contributed by atoms with Crippen molar-refractivity contribution in [3.8, 4) is 0 Å². The van der Waals surface area contributed by atoms with E-state index < -0.39 is 0 Å². The molecule has 1 heterocycles. The highest BCUT2D eigenvalue weighted by Gasteiger charge is 2.00. The molecule has 0 aliphatic carbocycles. The third-order valence-electron chi connectivity index (χ3n) is 2.08. The molecule has 0 spiro atoms. The van der Waals surface area contributed by atoms with E-state index in [0.29, 0.717) is 6.54 Å². The first-order valence-electron chi connectivity index (χ1n) is 5.09. The second-order valence-electron chi connectivity index (χ2n) is 3.22. The van der Waals surface area contributed by atoms with Crippen molar-refractivity contribution in [3.05, 3.63) is 29.6 Å². The van der Waals surface area contributed by atoms with Crippen LogP contribution in [0.25, 0.3) is 0 Å². The lowest BCUT2D eigenvalue weighted by Crippen LogP contribution is -2.03. The quantitative estimate of drug-likeness (QED) is 0.733. The van der Waals surface area contributed by atoms with Crippen LogP contribution >= 0.6 is 11.8 Å². The van der Waals surface area contributed by atoms with Crippen LogP contribution in [0.3, 0.4) is 0 Å². The number of pyridine rings is 1. The molecule has 0 radical (unpaired) electrons. The molecule has 0 saturated carbocycles. The third kappa shape index (κ3) is 3.68. The van der Waals surface area contributed by atoms with Crippen LogP contribution in [0.2, 0.25) is 0 Å². The summed E-state index contributed by atoms with van der Waals surface area (Å²) in [6, 6.07) is 4.10. The van der Waals surface area contributed by atoms with E-state index in [2.05, 4.69) is 18.0 Å². The van der Waals surface area contributed by atoms with Crippen LogP contribution < -0.4 is 5.73 Å². The molecule has 0 amide bonds. The molecule has 1 rings (SSSR count). The smallest absolute Gasteiger partial charge is 0.0579 e. The van der Waals surface area contributed by atoms with Gasteiger partial charge in [-0.15, -0.1) is 0 Å². The highest BCUT2D eigenvalue weighted by molar-refractivity contribution is 7.98. The van der Waals surface area contributed by atoms with Gasteiger partial charge in [-0.3, -0.25) is 4.98 Å². The molecule has 0 aliphatic rings. The predicted molar refractivity (Wildman–Crippen MR) is 63.2 cm³/mol. The molecule has 2 N–H and O–H groups in total. The summed E-state index contributed by atoms with van der Waals surface area (Å²) in [6.07, 6.45) is 4.37. The molecule has 0 atom stereocenters. The normalized spacial score (nSPS) is 10.4. The SMILES string of the molecule is CCCCSCc1cccnc1CN. The number of rotatable bonds is 6. The molecular weight excluding hydrogens is 192 g/mol. The maximum Gasteiger partial charge on any atom is 0.0579 e. The van der Waals surface area contributed by atoms with E-state index in [1.165, 1.54) is 24.2 Å². The molecule has 78 valence electrons. The number of aromatic nitrogens is 1. The van der Waals surface area contributed by atoms with Crippen molar-refractivity contribution >= 4 is 11.8 Å². The Balaban J connectivity index is 2.41. The maximum absolute atomic E-state index is 5.61. The second kappa shape index (κ2) is 6.85. The Morgan fingerprint density at radius 3 is 3.07 bits per heavy atom. The molecule has 14 heavy (non-hydrogen) atoms. The monoisotopic (exact) mass is 210 g/mol. The molecule has 1 aromatic heterocycles. The number of hydrogen-bond acceptors (Lipinski definition) is 3. The summed E-state index contributed by atoms with van der Waals surface area (Å²) in [4.78, 5) is 4.26. The molecular formula is C11H18N2S. The lowest BCUT2D eigenvalue weighted by molar-refractivity contribution is 0.895. The minimum atomic E-state index is 0.546. The molecule has 0 fully saturated rings. The predicted octanol–water partition coefficient (Wildman–Crippen LogP) is 2.57. The lowest BCUT2D eigenvalue weighted by atomic mass is 10.2. The van der Waals surface area contributed by atoms with E-state index in [1.807, 2.05) is 24.0 Å². The lowest BCUT2D eigenvalue weighted by Gasteiger charge is -2.05. The Bertz CT molecular complexity index is 263. The molecule has 3 heteroatoms. The Hall–Kier alpha value is -0.540. The van der Waals surface area contributed by atoms with Crippen molar-refractivity contribution in [2.75, 3.05) is 5.75 Å². The molecule has 1 aromatic rings. The Labute approximate surface area is 90.3 Å². The first-order valence-corrected chi connectivity index (χ1v) is 6.24. The van der Waals surface area contributed by atoms with Crippen molar-refractivity contribution in [1.82, 2.24) is 4.98 Å². The first-order chi connectivity index (χ1) is 6.88. The zero-order chi connectivity index (χ0) is 10.2. The van der Waals surface area contributed by atoms with E-state index in [4.69, 9.17) is 5.73 Å². The molecule has 0 unspecified atom stereocenters. The van der Waals surface area contributed by atoms with Crippen molar-refractivity contribution in [1.29, 1.82) is 0 Å². The van der Waals surface area contributed by atoms with Crippen LogP contribution in [0, 0.1) is 0 Å². The van der Waals surface area contributed by atoms with Gasteiger partial charge in [0.1, 0.15) is 0 Å². The maximum atomic E-state index is 5.61. The van der Waals surface area contributed by atoms with Crippen molar-refractivity contribution in [3.63, 3.8) is 0 Å². The highest BCUT2D eigenvalue weighted by atomic mass is 32.2. The largest absolute Gasteiger partial charge is 0.325 e. The van der Waals surface area contributed by atoms with E-state index in [0.717, 1.165) is 11.4 Å². The summed E-state index contributed by atoms with van der Waals surface area (Å²) < 4.78 is 0. The Morgan fingerprint density at radius 1 is 1.50 bits per heavy atom. The van der Waals surface area contributed by atoms with Gasteiger partial charge in [0.15, 0.2) is 0 Å². The number of unbranched alkanes of at least 4 members (excludes halogenated alkanes) is 1. The van der Waals surface area contributed by atoms with Gasteiger partial charge in [0, 0.05) is 18.5 Å². The van der Waals surface area contributed by atoms with Gasteiger partial charge >= 0.3 is 0 Å². The Morgan fingerprint density at radius 2 is 2.36 bits per heavy atom. The van der Waals surface area contributed by atoms with Crippen LogP contribution in [0.1, 0.15) is 31.0 Å². The highest BCUT2D eigenvalue weighted by Crippen LogP contribution is 2.15. The minimum absolute atomic E-state index is 0.546. The standard InChI is InChI=1S/C11H18N2S/c1-2-3-7-14-9-10-5-4-6-13-11(10)8-12/h4-6H,2-3,7-9,12H2,1H3. The van der Waals surface area contributed by atoms with Gasteiger partial charge in [-0.05, 0) is 23.8 Å². The van der Waals surface area contributed by atoms with Gasteiger partial charge < -0.3 is 5.73 Å². The summed E-state index contributed by atoms with van der Waals surface area (Å²) in [6.45, 7) is 2.76. The summed E-state index contributed by atoms with van der Waals surface area (Å²) >= 11 is 1.96.